The van der Waals surface area contributed by atoms with E-state index in [0.717, 1.165) is 11.6 Å². The Bertz CT molecular complexity index is 902. The van der Waals surface area contributed by atoms with Crippen molar-refractivity contribution in [1.29, 1.82) is 0 Å². The van der Waals surface area contributed by atoms with Crippen LogP contribution in [0.3, 0.4) is 0 Å². The first-order valence-electron chi connectivity index (χ1n) is 8.27. The number of phenols is 1. The van der Waals surface area contributed by atoms with E-state index in [9.17, 15) is 18.3 Å². The first kappa shape index (κ1) is 19.9. The lowest BCUT2D eigenvalue weighted by atomic mass is 10.1. The molecule has 0 aliphatic carbocycles. The molecular formula is C19H23NO5S. The molecule has 2 aromatic rings. The zero-order chi connectivity index (χ0) is 19.5. The molecule has 140 valence electrons. The van der Waals surface area contributed by atoms with E-state index in [2.05, 4.69) is 0 Å². The van der Waals surface area contributed by atoms with Crippen LogP contribution in [-0.4, -0.2) is 32.1 Å². The van der Waals surface area contributed by atoms with Crippen molar-refractivity contribution in [2.24, 2.45) is 5.73 Å². The van der Waals surface area contributed by atoms with Gasteiger partial charge in [0.15, 0.2) is 0 Å². The molecule has 0 aliphatic heterocycles. The van der Waals surface area contributed by atoms with Gasteiger partial charge in [-0.25, -0.2) is 13.2 Å². The Labute approximate surface area is 153 Å². The van der Waals surface area contributed by atoms with E-state index in [1.165, 1.54) is 18.2 Å². The maximum absolute atomic E-state index is 13.0. The minimum Gasteiger partial charge on any atom is -0.507 e. The Morgan fingerprint density at radius 1 is 1.23 bits per heavy atom. The number of esters is 1. The van der Waals surface area contributed by atoms with Crippen LogP contribution >= 0.6 is 0 Å². The number of rotatable bonds is 6. The molecule has 0 amide bonds. The summed E-state index contributed by atoms with van der Waals surface area (Å²) < 4.78 is 30.8. The van der Waals surface area contributed by atoms with Gasteiger partial charge in [0.2, 0.25) is 9.84 Å². The van der Waals surface area contributed by atoms with Gasteiger partial charge >= 0.3 is 5.97 Å². The molecule has 0 aliphatic rings. The predicted octanol–water partition coefficient (Wildman–Crippen LogP) is 2.60. The molecule has 6 nitrogen and oxygen atoms in total. The third kappa shape index (κ3) is 4.23. The first-order valence-corrected chi connectivity index (χ1v) is 9.75. The second kappa shape index (κ2) is 7.88. The van der Waals surface area contributed by atoms with Crippen molar-refractivity contribution >= 4 is 15.8 Å². The van der Waals surface area contributed by atoms with Gasteiger partial charge in [-0.1, -0.05) is 12.1 Å². The largest absolute Gasteiger partial charge is 0.507 e. The quantitative estimate of drug-likeness (QED) is 0.750. The molecule has 0 saturated carbocycles. The number of phenolic OH excluding ortho intramolecular Hbond substituents is 1. The molecule has 0 saturated heterocycles. The fourth-order valence-corrected chi connectivity index (χ4v) is 4.14. The van der Waals surface area contributed by atoms with Gasteiger partial charge in [-0.15, -0.1) is 0 Å². The van der Waals surface area contributed by atoms with Crippen LogP contribution in [0.15, 0.2) is 46.2 Å². The topological polar surface area (TPSA) is 107 Å². The van der Waals surface area contributed by atoms with Crippen molar-refractivity contribution < 1.29 is 23.1 Å². The van der Waals surface area contributed by atoms with Crippen molar-refractivity contribution in [2.45, 2.75) is 43.0 Å². The number of nitrogens with two attached hydrogens (primary N) is 1. The van der Waals surface area contributed by atoms with E-state index in [0.29, 0.717) is 12.0 Å². The van der Waals surface area contributed by atoms with Crippen molar-refractivity contribution in [3.05, 3.63) is 53.1 Å². The Kier molecular flexibility index (Phi) is 6.05. The highest BCUT2D eigenvalue weighted by molar-refractivity contribution is 7.91. The monoisotopic (exact) mass is 377 g/mol. The first-order chi connectivity index (χ1) is 12.2. The number of aromatic hydroxyl groups is 1. The zero-order valence-electron chi connectivity index (χ0n) is 15.0. The summed E-state index contributed by atoms with van der Waals surface area (Å²) in [5.74, 6) is -1.08. The van der Waals surface area contributed by atoms with Gasteiger partial charge in [-0.2, -0.15) is 0 Å². The normalized spacial score (nSPS) is 12.6. The van der Waals surface area contributed by atoms with E-state index < -0.39 is 15.8 Å². The molecule has 0 aromatic heterocycles. The van der Waals surface area contributed by atoms with Crippen molar-refractivity contribution in [1.82, 2.24) is 0 Å². The summed E-state index contributed by atoms with van der Waals surface area (Å²) in [5, 5.41) is 9.96. The van der Waals surface area contributed by atoms with Crippen LogP contribution in [0, 0.1) is 6.92 Å². The van der Waals surface area contributed by atoms with Crippen LogP contribution in [0.4, 0.5) is 0 Å². The van der Waals surface area contributed by atoms with Crippen LogP contribution in [-0.2, 0) is 21.0 Å². The number of benzene rings is 2. The Balaban J connectivity index is 2.48. The number of hydrogen-bond acceptors (Lipinski definition) is 6. The number of aryl methyl sites for hydroxylation is 1. The molecule has 0 heterocycles. The minimum absolute atomic E-state index is 0.0241. The molecule has 3 N–H and O–H groups in total. The summed E-state index contributed by atoms with van der Waals surface area (Å²) >= 11 is 0. The van der Waals surface area contributed by atoms with E-state index >= 15 is 0 Å². The SMILES string of the molecule is CCOC(=O)c1cc(S(=O)(=O)c2ccc(CC(C)N)cc2)c(C)cc1O. The fourth-order valence-electron chi connectivity index (χ4n) is 2.64. The van der Waals surface area contributed by atoms with E-state index in [-0.39, 0.29) is 33.8 Å². The minimum atomic E-state index is -3.85. The third-order valence-electron chi connectivity index (χ3n) is 3.87. The van der Waals surface area contributed by atoms with Crippen LogP contribution in [0.25, 0.3) is 0 Å². The molecule has 26 heavy (non-hydrogen) atoms. The van der Waals surface area contributed by atoms with Crippen LogP contribution in [0.1, 0.15) is 35.3 Å². The summed E-state index contributed by atoms with van der Waals surface area (Å²) in [6.45, 7) is 5.19. The molecule has 1 atom stereocenters. The molecule has 0 spiro atoms. The second-order valence-electron chi connectivity index (χ2n) is 6.18. The number of carbonyl (C=O) groups excluding carboxylic acids is 1. The molecule has 1 unspecified atom stereocenters. The fraction of sp³-hybridized carbons (Fsp3) is 0.316. The predicted molar refractivity (Wildman–Crippen MR) is 98.0 cm³/mol. The highest BCUT2D eigenvalue weighted by atomic mass is 32.2. The molecule has 0 bridgehead atoms. The summed E-state index contributed by atoms with van der Waals surface area (Å²) in [7, 11) is -3.85. The van der Waals surface area contributed by atoms with Crippen LogP contribution in [0.2, 0.25) is 0 Å². The Morgan fingerprint density at radius 2 is 1.85 bits per heavy atom. The van der Waals surface area contributed by atoms with Crippen molar-refractivity contribution in [3.8, 4) is 5.75 Å². The number of carbonyl (C=O) groups is 1. The molecule has 0 fully saturated rings. The van der Waals surface area contributed by atoms with Gasteiger partial charge < -0.3 is 15.6 Å². The van der Waals surface area contributed by atoms with Gasteiger partial charge in [-0.05, 0) is 62.6 Å². The summed E-state index contributed by atoms with van der Waals surface area (Å²) in [6.07, 6.45) is 0.644. The highest BCUT2D eigenvalue weighted by Gasteiger charge is 2.24. The summed E-state index contributed by atoms with van der Waals surface area (Å²) in [6, 6.07) is 8.87. The lowest BCUT2D eigenvalue weighted by Crippen LogP contribution is -2.17. The van der Waals surface area contributed by atoms with Gasteiger partial charge in [0.05, 0.1) is 16.4 Å². The van der Waals surface area contributed by atoms with Gasteiger partial charge in [0, 0.05) is 6.04 Å². The average Bonchev–Trinajstić information content (AvgIpc) is 2.54. The highest BCUT2D eigenvalue weighted by Crippen LogP contribution is 2.30. The molecular weight excluding hydrogens is 354 g/mol. The summed E-state index contributed by atoms with van der Waals surface area (Å²) in [5.41, 5.74) is 6.86. The van der Waals surface area contributed by atoms with Gasteiger partial charge in [-0.3, -0.25) is 0 Å². The second-order valence-corrected chi connectivity index (χ2v) is 8.10. The van der Waals surface area contributed by atoms with Crippen LogP contribution < -0.4 is 5.73 Å². The Morgan fingerprint density at radius 3 is 2.38 bits per heavy atom. The lowest BCUT2D eigenvalue weighted by Gasteiger charge is -2.12. The molecule has 2 aromatic carbocycles. The van der Waals surface area contributed by atoms with E-state index in [1.807, 2.05) is 6.92 Å². The van der Waals surface area contributed by atoms with Crippen LogP contribution in [0.5, 0.6) is 5.75 Å². The third-order valence-corrected chi connectivity index (χ3v) is 5.78. The maximum Gasteiger partial charge on any atom is 0.341 e. The number of hydrogen-bond donors (Lipinski definition) is 2. The number of ether oxygens (including phenoxy) is 1. The zero-order valence-corrected chi connectivity index (χ0v) is 15.8. The van der Waals surface area contributed by atoms with E-state index in [4.69, 9.17) is 10.5 Å². The Hall–Kier alpha value is -2.38. The van der Waals surface area contributed by atoms with Gasteiger partial charge in [0.1, 0.15) is 11.3 Å². The van der Waals surface area contributed by atoms with Gasteiger partial charge in [0.25, 0.3) is 0 Å². The average molecular weight is 377 g/mol. The molecule has 0 radical (unpaired) electrons. The lowest BCUT2D eigenvalue weighted by molar-refractivity contribution is 0.0522. The van der Waals surface area contributed by atoms with Crippen molar-refractivity contribution in [3.63, 3.8) is 0 Å². The van der Waals surface area contributed by atoms with Crippen molar-refractivity contribution in [2.75, 3.05) is 6.61 Å². The smallest absolute Gasteiger partial charge is 0.341 e. The summed E-state index contributed by atoms with van der Waals surface area (Å²) in [4.78, 5) is 12.0. The standard InChI is InChI=1S/C19H23NO5S/c1-4-25-19(22)16-11-18(12(2)9-17(16)21)26(23,24)15-7-5-14(6-8-15)10-13(3)20/h5-9,11,13,21H,4,10,20H2,1-3H3. The molecule has 2 rings (SSSR count). The maximum atomic E-state index is 13.0. The van der Waals surface area contributed by atoms with E-state index in [1.54, 1.807) is 26.0 Å². The molecule has 7 heteroatoms. The number of sulfone groups is 1.